The van der Waals surface area contributed by atoms with Crippen LogP contribution in [-0.4, -0.2) is 16.9 Å². The van der Waals surface area contributed by atoms with E-state index in [9.17, 15) is 4.79 Å². The Labute approximate surface area is 96.5 Å². The predicted octanol–water partition coefficient (Wildman–Crippen LogP) is 2.21. The molecule has 4 heteroatoms. The molecule has 0 aromatic carbocycles. The molecular weight excluding hydrogens is 208 g/mol. The predicted molar refractivity (Wildman–Crippen MR) is 65.5 cm³/mol. The third kappa shape index (κ3) is 6.05. The lowest BCUT2D eigenvalue weighted by Gasteiger charge is -2.20. The summed E-state index contributed by atoms with van der Waals surface area (Å²) in [5, 5.41) is 0.891. The van der Waals surface area contributed by atoms with E-state index in [-0.39, 0.29) is 5.91 Å². The zero-order chi connectivity index (χ0) is 10.9. The first-order chi connectivity index (χ1) is 7.33. The van der Waals surface area contributed by atoms with E-state index < -0.39 is 0 Å². The quantitative estimate of drug-likeness (QED) is 0.318. The van der Waals surface area contributed by atoms with Crippen molar-refractivity contribution >= 4 is 17.7 Å². The molecule has 0 aromatic rings. The van der Waals surface area contributed by atoms with Crippen LogP contribution >= 0.6 is 11.8 Å². The fourth-order valence-electron chi connectivity index (χ4n) is 1.94. The van der Waals surface area contributed by atoms with Crippen molar-refractivity contribution in [3.8, 4) is 0 Å². The molecule has 0 spiro atoms. The van der Waals surface area contributed by atoms with Gasteiger partial charge in [-0.25, -0.2) is 5.84 Å². The number of amides is 1. The summed E-state index contributed by atoms with van der Waals surface area (Å²) in [6.45, 7) is 0. The number of thioether (sulfide) groups is 1. The zero-order valence-electron chi connectivity index (χ0n) is 9.34. The minimum atomic E-state index is -0.0438. The van der Waals surface area contributed by atoms with Crippen LogP contribution in [0.3, 0.4) is 0 Å². The number of rotatable bonds is 6. The number of hydrazine groups is 1. The Kier molecular flexibility index (Phi) is 6.85. The molecule has 1 amide bonds. The lowest BCUT2D eigenvalue weighted by molar-refractivity contribution is -0.121. The van der Waals surface area contributed by atoms with E-state index in [4.69, 9.17) is 5.84 Å². The molecule has 1 saturated carbocycles. The molecule has 0 radical (unpaired) electrons. The van der Waals surface area contributed by atoms with Crippen molar-refractivity contribution in [2.24, 2.45) is 5.84 Å². The molecule has 0 saturated heterocycles. The van der Waals surface area contributed by atoms with Crippen molar-refractivity contribution in [2.75, 3.05) is 5.75 Å². The Morgan fingerprint density at radius 2 is 2.00 bits per heavy atom. The highest BCUT2D eigenvalue weighted by molar-refractivity contribution is 7.99. The first-order valence-electron chi connectivity index (χ1n) is 5.94. The van der Waals surface area contributed by atoms with E-state index in [1.54, 1.807) is 0 Å². The molecule has 1 rings (SSSR count). The number of nitrogens with one attached hydrogen (secondary N) is 1. The van der Waals surface area contributed by atoms with Gasteiger partial charge >= 0.3 is 0 Å². The fourth-order valence-corrected chi connectivity index (χ4v) is 3.31. The number of hydrogen-bond acceptors (Lipinski definition) is 3. The first-order valence-corrected chi connectivity index (χ1v) is 6.99. The van der Waals surface area contributed by atoms with Gasteiger partial charge in [0.1, 0.15) is 0 Å². The van der Waals surface area contributed by atoms with E-state index in [1.165, 1.54) is 37.9 Å². The molecule has 0 heterocycles. The monoisotopic (exact) mass is 230 g/mol. The van der Waals surface area contributed by atoms with Crippen LogP contribution in [0.25, 0.3) is 0 Å². The molecule has 88 valence electrons. The van der Waals surface area contributed by atoms with Gasteiger partial charge in [-0.3, -0.25) is 10.2 Å². The number of carbonyl (C=O) groups is 1. The number of carbonyl (C=O) groups excluding carboxylic acids is 1. The molecule has 1 aliphatic rings. The van der Waals surface area contributed by atoms with Crippen molar-refractivity contribution in [3.05, 3.63) is 0 Å². The van der Waals surface area contributed by atoms with Crippen LogP contribution in [0.2, 0.25) is 0 Å². The fraction of sp³-hybridized carbons (Fsp3) is 0.909. The van der Waals surface area contributed by atoms with Gasteiger partial charge in [0.25, 0.3) is 0 Å². The Hall–Kier alpha value is -0.220. The van der Waals surface area contributed by atoms with Crippen molar-refractivity contribution < 1.29 is 4.79 Å². The number of nitrogens with two attached hydrogens (primary N) is 1. The first kappa shape index (κ1) is 12.8. The Bertz CT molecular complexity index is 181. The molecular formula is C11H22N2OS. The molecule has 0 bridgehead atoms. The summed E-state index contributed by atoms with van der Waals surface area (Å²) in [7, 11) is 0. The molecule has 3 nitrogen and oxygen atoms in total. The Balaban J connectivity index is 1.89. The van der Waals surface area contributed by atoms with Crippen molar-refractivity contribution in [3.63, 3.8) is 0 Å². The van der Waals surface area contributed by atoms with Crippen LogP contribution in [0, 0.1) is 0 Å². The molecule has 3 N–H and O–H groups in total. The normalized spacial score (nSPS) is 17.7. The summed E-state index contributed by atoms with van der Waals surface area (Å²) >= 11 is 2.09. The van der Waals surface area contributed by atoms with Crippen LogP contribution in [0.15, 0.2) is 0 Å². The third-order valence-corrected chi connectivity index (χ3v) is 4.33. The minimum Gasteiger partial charge on any atom is -0.294 e. The molecule has 0 unspecified atom stereocenters. The highest BCUT2D eigenvalue weighted by Crippen LogP contribution is 2.28. The molecule has 15 heavy (non-hydrogen) atoms. The van der Waals surface area contributed by atoms with Gasteiger partial charge in [0.15, 0.2) is 0 Å². The van der Waals surface area contributed by atoms with E-state index in [0.29, 0.717) is 6.42 Å². The van der Waals surface area contributed by atoms with Gasteiger partial charge in [0.05, 0.1) is 0 Å². The summed E-state index contributed by atoms with van der Waals surface area (Å²) in [4.78, 5) is 10.8. The van der Waals surface area contributed by atoms with Gasteiger partial charge in [0, 0.05) is 11.7 Å². The van der Waals surface area contributed by atoms with Gasteiger partial charge in [-0.05, 0) is 31.4 Å². The molecule has 0 aliphatic heterocycles. The van der Waals surface area contributed by atoms with Gasteiger partial charge < -0.3 is 0 Å². The largest absolute Gasteiger partial charge is 0.294 e. The molecule has 1 aliphatic carbocycles. The molecule has 0 aromatic heterocycles. The smallest absolute Gasteiger partial charge is 0.233 e. The third-order valence-electron chi connectivity index (χ3n) is 2.86. The van der Waals surface area contributed by atoms with E-state index in [2.05, 4.69) is 17.2 Å². The van der Waals surface area contributed by atoms with Crippen LogP contribution in [-0.2, 0) is 4.79 Å². The SMILES string of the molecule is NNC(=O)CCCCSC1CCCCC1. The molecule has 1 fully saturated rings. The average molecular weight is 230 g/mol. The van der Waals surface area contributed by atoms with E-state index in [1.807, 2.05) is 0 Å². The maximum atomic E-state index is 10.8. The Morgan fingerprint density at radius 3 is 2.67 bits per heavy atom. The van der Waals surface area contributed by atoms with Crippen molar-refractivity contribution in [1.29, 1.82) is 0 Å². The second-order valence-electron chi connectivity index (χ2n) is 4.16. The van der Waals surface area contributed by atoms with Crippen LogP contribution in [0.4, 0.5) is 0 Å². The summed E-state index contributed by atoms with van der Waals surface area (Å²) in [5.41, 5.74) is 2.16. The highest BCUT2D eigenvalue weighted by atomic mass is 32.2. The second-order valence-corrected chi connectivity index (χ2v) is 5.56. The van der Waals surface area contributed by atoms with Gasteiger partial charge in [-0.2, -0.15) is 11.8 Å². The summed E-state index contributed by atoms with van der Waals surface area (Å²) in [6, 6.07) is 0. The van der Waals surface area contributed by atoms with Gasteiger partial charge in [0.2, 0.25) is 5.91 Å². The van der Waals surface area contributed by atoms with Crippen LogP contribution in [0.1, 0.15) is 51.4 Å². The van der Waals surface area contributed by atoms with Gasteiger partial charge in [-0.15, -0.1) is 0 Å². The maximum absolute atomic E-state index is 10.8. The zero-order valence-corrected chi connectivity index (χ0v) is 10.2. The lowest BCUT2D eigenvalue weighted by Crippen LogP contribution is -2.29. The standard InChI is InChI=1S/C11H22N2OS/c12-13-11(14)8-4-5-9-15-10-6-2-1-3-7-10/h10H,1-9,12H2,(H,13,14). The maximum Gasteiger partial charge on any atom is 0.233 e. The second kappa shape index (κ2) is 7.99. The van der Waals surface area contributed by atoms with Gasteiger partial charge in [-0.1, -0.05) is 19.3 Å². The number of hydrogen-bond donors (Lipinski definition) is 2. The topological polar surface area (TPSA) is 55.1 Å². The minimum absolute atomic E-state index is 0.0438. The van der Waals surface area contributed by atoms with E-state index in [0.717, 1.165) is 18.1 Å². The van der Waals surface area contributed by atoms with Crippen LogP contribution < -0.4 is 11.3 Å². The lowest BCUT2D eigenvalue weighted by atomic mass is 10.0. The Morgan fingerprint density at radius 1 is 1.27 bits per heavy atom. The summed E-state index contributed by atoms with van der Waals surface area (Å²) in [6.07, 6.45) is 9.70. The van der Waals surface area contributed by atoms with Crippen molar-refractivity contribution in [1.82, 2.24) is 5.43 Å². The van der Waals surface area contributed by atoms with Crippen LogP contribution in [0.5, 0.6) is 0 Å². The summed E-state index contributed by atoms with van der Waals surface area (Å²) < 4.78 is 0. The molecule has 0 atom stereocenters. The summed E-state index contributed by atoms with van der Waals surface area (Å²) in [5.74, 6) is 6.15. The average Bonchev–Trinajstić information content (AvgIpc) is 2.29. The highest BCUT2D eigenvalue weighted by Gasteiger charge is 2.12. The number of unbranched alkanes of at least 4 members (excludes halogenated alkanes) is 1. The van der Waals surface area contributed by atoms with Crippen molar-refractivity contribution in [2.45, 2.75) is 56.6 Å². The van der Waals surface area contributed by atoms with E-state index >= 15 is 0 Å².